The van der Waals surface area contributed by atoms with Crippen molar-refractivity contribution in [1.29, 1.82) is 0 Å². The summed E-state index contributed by atoms with van der Waals surface area (Å²) in [5.74, 6) is -0.284. The summed E-state index contributed by atoms with van der Waals surface area (Å²) in [6.45, 7) is 0.931. The fraction of sp³-hybridized carbons (Fsp3) is 0.609. The molecule has 1 saturated carbocycles. The molecule has 0 radical (unpaired) electrons. The molecule has 0 bridgehead atoms. The Labute approximate surface area is 181 Å². The van der Waals surface area contributed by atoms with Crippen LogP contribution in [0.5, 0.6) is 0 Å². The standard InChI is InChI=1S/C23H31N3O5/c1-25-21-16(5-3-13-31-17-9-7-15(14-27)8-10-17)4-2-6-18(21)26(23(25)30)19-11-12-20(28)24-22(19)29/h2,4,6,15,17,19,27H,3,5,7-14H2,1H3,(H,24,28,29). The maximum absolute atomic E-state index is 13.0. The number of ether oxygens (including phenoxy) is 1. The lowest BCUT2D eigenvalue weighted by Crippen LogP contribution is -2.44. The van der Waals surface area contributed by atoms with Crippen LogP contribution in [-0.4, -0.2) is 45.4 Å². The Morgan fingerprint density at radius 1 is 1.13 bits per heavy atom. The zero-order valence-corrected chi connectivity index (χ0v) is 18.0. The maximum atomic E-state index is 13.0. The van der Waals surface area contributed by atoms with E-state index in [0.29, 0.717) is 18.9 Å². The molecule has 2 heterocycles. The Hall–Kier alpha value is -2.45. The lowest BCUT2D eigenvalue weighted by molar-refractivity contribution is -0.135. The highest BCUT2D eigenvalue weighted by atomic mass is 16.5. The van der Waals surface area contributed by atoms with Gasteiger partial charge < -0.3 is 9.84 Å². The molecule has 2 amide bonds. The number of hydrogen-bond donors (Lipinski definition) is 2. The molecule has 1 aliphatic heterocycles. The molecule has 1 saturated heterocycles. The number of aryl methyl sites for hydroxylation is 2. The highest BCUT2D eigenvalue weighted by Crippen LogP contribution is 2.27. The quantitative estimate of drug-likeness (QED) is 0.516. The number of benzene rings is 1. The van der Waals surface area contributed by atoms with Gasteiger partial charge in [-0.3, -0.25) is 24.0 Å². The first-order valence-corrected chi connectivity index (χ1v) is 11.2. The van der Waals surface area contributed by atoms with Gasteiger partial charge in [-0.25, -0.2) is 4.79 Å². The molecule has 2 fully saturated rings. The van der Waals surface area contributed by atoms with Gasteiger partial charge in [0.1, 0.15) is 6.04 Å². The smallest absolute Gasteiger partial charge is 0.329 e. The first kappa shape index (κ1) is 21.8. The van der Waals surface area contributed by atoms with Crippen LogP contribution in [0.4, 0.5) is 0 Å². The zero-order chi connectivity index (χ0) is 22.0. The van der Waals surface area contributed by atoms with E-state index in [-0.39, 0.29) is 30.7 Å². The second kappa shape index (κ2) is 9.36. The number of imide groups is 1. The van der Waals surface area contributed by atoms with Gasteiger partial charge >= 0.3 is 5.69 Å². The van der Waals surface area contributed by atoms with E-state index in [2.05, 4.69) is 5.32 Å². The van der Waals surface area contributed by atoms with E-state index in [1.165, 1.54) is 4.57 Å². The van der Waals surface area contributed by atoms with Gasteiger partial charge in [-0.15, -0.1) is 0 Å². The van der Waals surface area contributed by atoms with Crippen LogP contribution in [-0.2, 0) is 27.8 Å². The third-order valence-corrected chi connectivity index (χ3v) is 6.70. The molecular formula is C23H31N3O5. The Bertz CT molecular complexity index is 1020. The van der Waals surface area contributed by atoms with Crippen LogP contribution < -0.4 is 11.0 Å². The van der Waals surface area contributed by atoms with E-state index in [1.807, 2.05) is 18.2 Å². The molecule has 1 atom stereocenters. The van der Waals surface area contributed by atoms with Crippen LogP contribution in [0.2, 0.25) is 0 Å². The summed E-state index contributed by atoms with van der Waals surface area (Å²) in [6.07, 6.45) is 6.52. The highest BCUT2D eigenvalue weighted by Gasteiger charge is 2.31. The minimum atomic E-state index is -0.665. The first-order valence-electron chi connectivity index (χ1n) is 11.2. The minimum Gasteiger partial charge on any atom is -0.396 e. The Kier molecular flexibility index (Phi) is 6.57. The fourth-order valence-electron chi connectivity index (χ4n) is 4.94. The molecule has 4 rings (SSSR count). The van der Waals surface area contributed by atoms with Gasteiger partial charge in [0.05, 0.1) is 17.1 Å². The lowest BCUT2D eigenvalue weighted by Gasteiger charge is -2.27. The van der Waals surface area contributed by atoms with Crippen LogP contribution in [0.15, 0.2) is 23.0 Å². The minimum absolute atomic E-state index is 0.233. The highest BCUT2D eigenvalue weighted by molar-refractivity contribution is 6.00. The van der Waals surface area contributed by atoms with Crippen molar-refractivity contribution in [2.75, 3.05) is 13.2 Å². The summed E-state index contributed by atoms with van der Waals surface area (Å²) < 4.78 is 9.17. The molecule has 8 nitrogen and oxygen atoms in total. The van der Waals surface area contributed by atoms with Crippen molar-refractivity contribution in [3.8, 4) is 0 Å². The summed E-state index contributed by atoms with van der Waals surface area (Å²) >= 11 is 0. The van der Waals surface area contributed by atoms with Crippen LogP contribution in [0, 0.1) is 5.92 Å². The summed E-state index contributed by atoms with van der Waals surface area (Å²) in [6, 6.07) is 5.13. The van der Waals surface area contributed by atoms with Gasteiger partial charge in [0.25, 0.3) is 0 Å². The first-order chi connectivity index (χ1) is 15.0. The van der Waals surface area contributed by atoms with Crippen molar-refractivity contribution in [2.45, 2.75) is 63.5 Å². The number of aliphatic hydroxyl groups excluding tert-OH is 1. The van der Waals surface area contributed by atoms with Crippen molar-refractivity contribution >= 4 is 22.8 Å². The van der Waals surface area contributed by atoms with Gasteiger partial charge in [0.2, 0.25) is 11.8 Å². The second-order valence-electron chi connectivity index (χ2n) is 8.76. The molecule has 1 aliphatic carbocycles. The van der Waals surface area contributed by atoms with E-state index in [0.717, 1.165) is 55.1 Å². The number of hydrogen-bond acceptors (Lipinski definition) is 5. The molecule has 2 aromatic rings. The Morgan fingerprint density at radius 3 is 2.61 bits per heavy atom. The monoisotopic (exact) mass is 429 g/mol. The maximum Gasteiger partial charge on any atom is 0.329 e. The number of carbonyl (C=O) groups excluding carboxylic acids is 2. The molecular weight excluding hydrogens is 398 g/mol. The van der Waals surface area contributed by atoms with E-state index in [4.69, 9.17) is 4.74 Å². The summed E-state index contributed by atoms with van der Waals surface area (Å²) in [7, 11) is 1.73. The van der Waals surface area contributed by atoms with Gasteiger partial charge in [-0.05, 0) is 62.5 Å². The summed E-state index contributed by atoms with van der Waals surface area (Å²) in [4.78, 5) is 36.8. The van der Waals surface area contributed by atoms with Gasteiger partial charge in [0.15, 0.2) is 0 Å². The molecule has 2 N–H and O–H groups in total. The van der Waals surface area contributed by atoms with E-state index < -0.39 is 11.9 Å². The van der Waals surface area contributed by atoms with Crippen molar-refractivity contribution in [1.82, 2.24) is 14.5 Å². The molecule has 2 aliphatic rings. The van der Waals surface area contributed by atoms with Crippen molar-refractivity contribution in [2.24, 2.45) is 13.0 Å². The average molecular weight is 430 g/mol. The van der Waals surface area contributed by atoms with Gasteiger partial charge in [-0.1, -0.05) is 12.1 Å². The Balaban J connectivity index is 1.45. The number of rotatable bonds is 7. The number of para-hydroxylation sites is 1. The zero-order valence-electron chi connectivity index (χ0n) is 18.0. The molecule has 1 unspecified atom stereocenters. The number of carbonyl (C=O) groups is 2. The summed E-state index contributed by atoms with van der Waals surface area (Å²) in [5.41, 5.74) is 2.37. The molecule has 31 heavy (non-hydrogen) atoms. The number of fused-ring (bicyclic) bond motifs is 1. The third-order valence-electron chi connectivity index (χ3n) is 6.70. The van der Waals surface area contributed by atoms with Gasteiger partial charge in [0, 0.05) is 26.7 Å². The molecule has 168 valence electrons. The third kappa shape index (κ3) is 4.45. The molecule has 8 heteroatoms. The van der Waals surface area contributed by atoms with E-state index in [9.17, 15) is 19.5 Å². The molecule has 0 spiro atoms. The fourth-order valence-corrected chi connectivity index (χ4v) is 4.94. The van der Waals surface area contributed by atoms with E-state index >= 15 is 0 Å². The molecule has 1 aromatic heterocycles. The van der Waals surface area contributed by atoms with Gasteiger partial charge in [-0.2, -0.15) is 0 Å². The average Bonchev–Trinajstić information content (AvgIpc) is 3.03. The van der Waals surface area contributed by atoms with Crippen LogP contribution in [0.3, 0.4) is 0 Å². The van der Waals surface area contributed by atoms with E-state index in [1.54, 1.807) is 11.6 Å². The Morgan fingerprint density at radius 2 is 1.90 bits per heavy atom. The van der Waals surface area contributed by atoms with Crippen LogP contribution >= 0.6 is 0 Å². The predicted octanol–water partition coefficient (Wildman–Crippen LogP) is 1.82. The summed E-state index contributed by atoms with van der Waals surface area (Å²) in [5, 5.41) is 11.6. The predicted molar refractivity (Wildman–Crippen MR) is 116 cm³/mol. The normalized spacial score (nSPS) is 24.5. The van der Waals surface area contributed by atoms with Crippen molar-refractivity contribution in [3.05, 3.63) is 34.2 Å². The second-order valence-corrected chi connectivity index (χ2v) is 8.76. The largest absolute Gasteiger partial charge is 0.396 e. The number of aromatic nitrogens is 2. The lowest BCUT2D eigenvalue weighted by atomic mass is 9.88. The number of nitrogens with zero attached hydrogens (tertiary/aromatic N) is 2. The van der Waals surface area contributed by atoms with Crippen molar-refractivity contribution < 1.29 is 19.4 Å². The SMILES string of the molecule is Cn1c(=O)n(C2CCC(=O)NC2=O)c2cccc(CCCOC3CCC(CO)CC3)c21. The van der Waals surface area contributed by atoms with Crippen molar-refractivity contribution in [3.63, 3.8) is 0 Å². The number of imidazole rings is 1. The number of nitrogens with one attached hydrogen (secondary N) is 1. The topological polar surface area (TPSA) is 103 Å². The number of aliphatic hydroxyl groups is 1. The number of piperidine rings is 1. The number of amides is 2. The molecule has 1 aromatic carbocycles. The van der Waals surface area contributed by atoms with Crippen LogP contribution in [0.1, 0.15) is 56.6 Å². The van der Waals surface area contributed by atoms with Crippen LogP contribution in [0.25, 0.3) is 11.0 Å².